The molecule has 0 bridgehead atoms. The van der Waals surface area contributed by atoms with Gasteiger partial charge in [-0.25, -0.2) is 0 Å². The summed E-state index contributed by atoms with van der Waals surface area (Å²) in [6.45, 7) is 4.66. The van der Waals surface area contributed by atoms with Crippen molar-refractivity contribution >= 4 is 11.8 Å². The van der Waals surface area contributed by atoms with E-state index in [-0.39, 0.29) is 5.69 Å². The maximum Gasteiger partial charge on any atom is 0.269 e. The molecule has 0 saturated heterocycles. The summed E-state index contributed by atoms with van der Waals surface area (Å²) in [5, 5.41) is 10.5. The maximum atomic E-state index is 10.5. The van der Waals surface area contributed by atoms with Crippen molar-refractivity contribution in [1.82, 2.24) is 0 Å². The van der Waals surface area contributed by atoms with Crippen LogP contribution in [0.25, 0.3) is 6.08 Å². The van der Waals surface area contributed by atoms with Crippen molar-refractivity contribution in [1.29, 1.82) is 0 Å². The molecule has 0 aliphatic carbocycles. The molecule has 4 nitrogen and oxygen atoms in total. The van der Waals surface area contributed by atoms with Gasteiger partial charge in [-0.1, -0.05) is 25.5 Å². The normalized spacial score (nSPS) is 11.9. The summed E-state index contributed by atoms with van der Waals surface area (Å²) in [4.78, 5) is 10.1. The number of nitrogens with two attached hydrogens (primary N) is 1. The highest BCUT2D eigenvalue weighted by molar-refractivity contribution is 5.55. The van der Waals surface area contributed by atoms with E-state index in [1.54, 1.807) is 12.1 Å². The van der Waals surface area contributed by atoms with Crippen LogP contribution in [0.15, 0.2) is 29.8 Å². The minimum Gasteiger partial charge on any atom is -0.327 e. The average molecular weight is 220 g/mol. The smallest absolute Gasteiger partial charge is 0.269 e. The molecule has 0 spiro atoms. The average Bonchev–Trinajstić information content (AvgIpc) is 2.26. The van der Waals surface area contributed by atoms with Crippen molar-refractivity contribution in [2.75, 3.05) is 6.54 Å². The van der Waals surface area contributed by atoms with E-state index in [2.05, 4.69) is 13.8 Å². The summed E-state index contributed by atoms with van der Waals surface area (Å²) in [6.07, 6.45) is 1.98. The van der Waals surface area contributed by atoms with Crippen LogP contribution in [0.4, 0.5) is 5.69 Å². The van der Waals surface area contributed by atoms with E-state index >= 15 is 0 Å². The van der Waals surface area contributed by atoms with Gasteiger partial charge in [0, 0.05) is 18.7 Å². The Labute approximate surface area is 94.9 Å². The predicted molar refractivity (Wildman–Crippen MR) is 65.0 cm³/mol. The molecule has 1 aromatic carbocycles. The van der Waals surface area contributed by atoms with Gasteiger partial charge in [0.05, 0.1) is 4.92 Å². The lowest BCUT2D eigenvalue weighted by Crippen LogP contribution is -2.08. The molecule has 4 heteroatoms. The summed E-state index contributed by atoms with van der Waals surface area (Å²) < 4.78 is 0. The SMILES string of the molecule is CC(C)C(=Cc1ccc([N+](=O)[O-])cc1)CN. The molecule has 0 fully saturated rings. The zero-order valence-corrected chi connectivity index (χ0v) is 9.51. The van der Waals surface area contributed by atoms with E-state index in [1.165, 1.54) is 12.1 Å². The molecule has 86 valence electrons. The molecule has 0 aliphatic rings. The summed E-state index contributed by atoms with van der Waals surface area (Å²) in [5.74, 6) is 0.389. The van der Waals surface area contributed by atoms with Crippen LogP contribution in [0, 0.1) is 16.0 Å². The largest absolute Gasteiger partial charge is 0.327 e. The van der Waals surface area contributed by atoms with Crippen LogP contribution in [0.2, 0.25) is 0 Å². The first-order chi connectivity index (χ1) is 7.54. The van der Waals surface area contributed by atoms with Gasteiger partial charge < -0.3 is 5.73 Å². The number of hydrogen-bond donors (Lipinski definition) is 1. The van der Waals surface area contributed by atoms with E-state index in [4.69, 9.17) is 5.73 Å². The van der Waals surface area contributed by atoms with Crippen molar-refractivity contribution in [2.45, 2.75) is 13.8 Å². The topological polar surface area (TPSA) is 69.2 Å². The first kappa shape index (κ1) is 12.4. The van der Waals surface area contributed by atoms with Crippen LogP contribution < -0.4 is 5.73 Å². The van der Waals surface area contributed by atoms with Gasteiger partial charge in [0.15, 0.2) is 0 Å². The number of nitrogens with zero attached hydrogens (tertiary/aromatic N) is 1. The maximum absolute atomic E-state index is 10.5. The molecule has 0 radical (unpaired) electrons. The molecular formula is C12H16N2O2. The lowest BCUT2D eigenvalue weighted by molar-refractivity contribution is -0.384. The second kappa shape index (κ2) is 5.42. The predicted octanol–water partition coefficient (Wildman–Crippen LogP) is 2.59. The van der Waals surface area contributed by atoms with Gasteiger partial charge in [0.25, 0.3) is 5.69 Å². The third kappa shape index (κ3) is 3.17. The van der Waals surface area contributed by atoms with E-state index in [9.17, 15) is 10.1 Å². The Balaban J connectivity index is 2.94. The Morgan fingerprint density at radius 2 is 2.00 bits per heavy atom. The molecule has 1 rings (SSSR count). The highest BCUT2D eigenvalue weighted by Gasteiger charge is 2.04. The highest BCUT2D eigenvalue weighted by Crippen LogP contribution is 2.17. The molecule has 0 amide bonds. The zero-order valence-electron chi connectivity index (χ0n) is 9.51. The molecule has 0 saturated carbocycles. The molecule has 16 heavy (non-hydrogen) atoms. The molecule has 2 N–H and O–H groups in total. The summed E-state index contributed by atoms with van der Waals surface area (Å²) in [5.41, 5.74) is 7.81. The number of benzene rings is 1. The fourth-order valence-corrected chi connectivity index (χ4v) is 1.37. The second-order valence-electron chi connectivity index (χ2n) is 3.93. The van der Waals surface area contributed by atoms with Crippen LogP contribution in [-0.4, -0.2) is 11.5 Å². The standard InChI is InChI=1S/C12H16N2O2/c1-9(2)11(8-13)7-10-3-5-12(6-4-10)14(15)16/h3-7,9H,8,13H2,1-2H3. The second-order valence-corrected chi connectivity index (χ2v) is 3.93. The van der Waals surface area contributed by atoms with Crippen molar-refractivity contribution < 1.29 is 4.92 Å². The molecule has 0 unspecified atom stereocenters. The van der Waals surface area contributed by atoms with Crippen molar-refractivity contribution in [2.24, 2.45) is 11.7 Å². The summed E-state index contributed by atoms with van der Waals surface area (Å²) in [7, 11) is 0. The summed E-state index contributed by atoms with van der Waals surface area (Å²) >= 11 is 0. The Kier molecular flexibility index (Phi) is 4.19. The third-order valence-electron chi connectivity index (χ3n) is 2.43. The minimum absolute atomic E-state index is 0.107. The molecule has 0 heterocycles. The Morgan fingerprint density at radius 3 is 2.38 bits per heavy atom. The Bertz CT molecular complexity index is 394. The van der Waals surface area contributed by atoms with Crippen LogP contribution in [0.1, 0.15) is 19.4 Å². The Hall–Kier alpha value is -1.68. The molecule has 0 aliphatic heterocycles. The highest BCUT2D eigenvalue weighted by atomic mass is 16.6. The van der Waals surface area contributed by atoms with Gasteiger partial charge in [-0.15, -0.1) is 0 Å². The van der Waals surface area contributed by atoms with Crippen LogP contribution >= 0.6 is 0 Å². The molecule has 0 aromatic heterocycles. The van der Waals surface area contributed by atoms with Gasteiger partial charge >= 0.3 is 0 Å². The summed E-state index contributed by atoms with van der Waals surface area (Å²) in [6, 6.07) is 6.47. The third-order valence-corrected chi connectivity index (χ3v) is 2.43. The monoisotopic (exact) mass is 220 g/mol. The van der Waals surface area contributed by atoms with Gasteiger partial charge in [0.2, 0.25) is 0 Å². The number of nitro groups is 1. The molecular weight excluding hydrogens is 204 g/mol. The molecule has 0 atom stereocenters. The number of nitro benzene ring substituents is 1. The van der Waals surface area contributed by atoms with Crippen molar-refractivity contribution in [3.05, 3.63) is 45.5 Å². The minimum atomic E-state index is -0.403. The number of rotatable bonds is 4. The van der Waals surface area contributed by atoms with Crippen molar-refractivity contribution in [3.8, 4) is 0 Å². The number of hydrogen-bond acceptors (Lipinski definition) is 3. The van der Waals surface area contributed by atoms with E-state index < -0.39 is 4.92 Å². The molecule has 1 aromatic rings. The van der Waals surface area contributed by atoms with Gasteiger partial charge in [-0.2, -0.15) is 0 Å². The van der Waals surface area contributed by atoms with Crippen LogP contribution in [-0.2, 0) is 0 Å². The first-order valence-corrected chi connectivity index (χ1v) is 5.19. The van der Waals surface area contributed by atoms with Gasteiger partial charge in [-0.3, -0.25) is 10.1 Å². The van der Waals surface area contributed by atoms with E-state index in [0.717, 1.165) is 11.1 Å². The van der Waals surface area contributed by atoms with E-state index in [0.29, 0.717) is 12.5 Å². The lowest BCUT2D eigenvalue weighted by atomic mass is 10.0. The number of non-ortho nitro benzene ring substituents is 1. The van der Waals surface area contributed by atoms with Crippen molar-refractivity contribution in [3.63, 3.8) is 0 Å². The lowest BCUT2D eigenvalue weighted by Gasteiger charge is -2.08. The van der Waals surface area contributed by atoms with Crippen LogP contribution in [0.3, 0.4) is 0 Å². The van der Waals surface area contributed by atoms with Gasteiger partial charge in [0.1, 0.15) is 0 Å². The van der Waals surface area contributed by atoms with Crippen LogP contribution in [0.5, 0.6) is 0 Å². The first-order valence-electron chi connectivity index (χ1n) is 5.19. The fourth-order valence-electron chi connectivity index (χ4n) is 1.37. The van der Waals surface area contributed by atoms with Gasteiger partial charge in [-0.05, 0) is 23.6 Å². The Morgan fingerprint density at radius 1 is 1.44 bits per heavy atom. The quantitative estimate of drug-likeness (QED) is 0.626. The van der Waals surface area contributed by atoms with E-state index in [1.807, 2.05) is 6.08 Å². The fraction of sp³-hybridized carbons (Fsp3) is 0.333. The zero-order chi connectivity index (χ0) is 12.1.